The second-order valence-corrected chi connectivity index (χ2v) is 6.57. The van der Waals surface area contributed by atoms with E-state index in [0.717, 1.165) is 11.3 Å². The lowest BCUT2D eigenvalue weighted by Gasteiger charge is -2.09. The Labute approximate surface area is 164 Å². The summed E-state index contributed by atoms with van der Waals surface area (Å²) in [5, 5.41) is 8.42. The lowest BCUT2D eigenvalue weighted by Crippen LogP contribution is -2.25. The quantitative estimate of drug-likeness (QED) is 0.560. The number of carbonyl (C=O) groups excluding carboxylic acids is 3. The van der Waals surface area contributed by atoms with Gasteiger partial charge in [0.2, 0.25) is 0 Å². The van der Waals surface area contributed by atoms with Gasteiger partial charge in [0, 0.05) is 0 Å². The number of rotatable bonds is 6. The van der Waals surface area contributed by atoms with Crippen molar-refractivity contribution in [3.63, 3.8) is 0 Å². The first-order valence-electron chi connectivity index (χ1n) is 8.15. The van der Waals surface area contributed by atoms with Crippen LogP contribution in [0.1, 0.15) is 30.6 Å². The van der Waals surface area contributed by atoms with Gasteiger partial charge in [-0.2, -0.15) is 0 Å². The summed E-state index contributed by atoms with van der Waals surface area (Å²) in [4.78, 5) is 37.1. The maximum absolute atomic E-state index is 12.5. The fraction of sp³-hybridized carbons (Fsp3) is 0.0500. The molecule has 0 aliphatic carbocycles. The van der Waals surface area contributed by atoms with E-state index < -0.39 is 11.8 Å². The van der Waals surface area contributed by atoms with Gasteiger partial charge in [0.05, 0.1) is 33.9 Å². The summed E-state index contributed by atoms with van der Waals surface area (Å²) in [5.41, 5.74) is 0.658. The van der Waals surface area contributed by atoms with Crippen LogP contribution >= 0.6 is 11.3 Å². The Bertz CT molecular complexity index is 1050. The van der Waals surface area contributed by atoms with Gasteiger partial charge in [0.25, 0.3) is 17.7 Å². The van der Waals surface area contributed by atoms with Crippen molar-refractivity contribution in [1.82, 2.24) is 5.32 Å². The van der Waals surface area contributed by atoms with E-state index in [1.165, 1.54) is 6.26 Å². The minimum atomic E-state index is -0.408. The normalized spacial score (nSPS) is 9.96. The molecule has 3 rings (SSSR count). The van der Waals surface area contributed by atoms with Crippen LogP contribution in [-0.4, -0.2) is 24.3 Å². The zero-order valence-electron chi connectivity index (χ0n) is 14.5. The molecule has 28 heavy (non-hydrogen) atoms. The number of thiophene rings is 1. The monoisotopic (exact) mass is 393 g/mol. The molecule has 2 heterocycles. The van der Waals surface area contributed by atoms with Crippen molar-refractivity contribution in [2.75, 3.05) is 17.2 Å². The second kappa shape index (κ2) is 8.70. The van der Waals surface area contributed by atoms with Gasteiger partial charge in [-0.1, -0.05) is 18.1 Å². The van der Waals surface area contributed by atoms with Gasteiger partial charge in [0.1, 0.15) is 0 Å². The molecular weight excluding hydrogens is 378 g/mol. The van der Waals surface area contributed by atoms with E-state index >= 15 is 0 Å². The number of nitrogens with one attached hydrogen (secondary N) is 3. The average molecular weight is 393 g/mol. The first-order chi connectivity index (χ1) is 13.6. The Balaban J connectivity index is 1.69. The van der Waals surface area contributed by atoms with Gasteiger partial charge in [-0.15, -0.1) is 17.8 Å². The van der Waals surface area contributed by atoms with E-state index in [0.29, 0.717) is 21.1 Å². The molecule has 0 spiro atoms. The van der Waals surface area contributed by atoms with Crippen molar-refractivity contribution in [2.24, 2.45) is 0 Å². The van der Waals surface area contributed by atoms with E-state index in [1.54, 1.807) is 48.5 Å². The molecule has 3 aromatic rings. The molecule has 0 atom stereocenters. The molecule has 0 bridgehead atoms. The number of terminal acetylenes is 1. The largest absolute Gasteiger partial charge is 0.459 e. The smallest absolute Gasteiger partial charge is 0.291 e. The van der Waals surface area contributed by atoms with Crippen molar-refractivity contribution in [3.05, 3.63) is 71.0 Å². The fourth-order valence-corrected chi connectivity index (χ4v) is 3.11. The average Bonchev–Trinajstić information content (AvgIpc) is 3.38. The number of hydrogen-bond donors (Lipinski definition) is 3. The Hall–Kier alpha value is -3.83. The van der Waals surface area contributed by atoms with Crippen LogP contribution < -0.4 is 16.0 Å². The first-order valence-corrected chi connectivity index (χ1v) is 8.97. The summed E-state index contributed by atoms with van der Waals surface area (Å²) < 4.78 is 5.03. The van der Waals surface area contributed by atoms with E-state index in [4.69, 9.17) is 10.8 Å². The van der Waals surface area contributed by atoms with Crippen LogP contribution in [0.2, 0.25) is 0 Å². The Kier molecular flexibility index (Phi) is 5.89. The lowest BCUT2D eigenvalue weighted by molar-refractivity contribution is 0.0958. The Morgan fingerprint density at radius 3 is 2.54 bits per heavy atom. The number of furan rings is 1. The summed E-state index contributed by atoms with van der Waals surface area (Å²) in [5.74, 6) is 1.30. The number of para-hydroxylation sites is 1. The van der Waals surface area contributed by atoms with Crippen LogP contribution in [0.5, 0.6) is 0 Å². The van der Waals surface area contributed by atoms with E-state index in [-0.39, 0.29) is 18.2 Å². The molecule has 3 N–H and O–H groups in total. The SMILES string of the molecule is C#CCNC(=O)c1ccccc1NC(=O)c1ccc(NC(=O)c2ccco2)s1. The van der Waals surface area contributed by atoms with E-state index in [9.17, 15) is 14.4 Å². The molecule has 0 saturated heterocycles. The van der Waals surface area contributed by atoms with Gasteiger partial charge in [-0.25, -0.2) is 0 Å². The van der Waals surface area contributed by atoms with Crippen molar-refractivity contribution in [3.8, 4) is 12.3 Å². The number of benzene rings is 1. The summed E-state index contributed by atoms with van der Waals surface area (Å²) in [6.45, 7) is 0.0881. The Morgan fingerprint density at radius 1 is 0.964 bits per heavy atom. The summed E-state index contributed by atoms with van der Waals surface area (Å²) in [6.07, 6.45) is 6.55. The van der Waals surface area contributed by atoms with E-state index in [2.05, 4.69) is 21.9 Å². The molecule has 2 aromatic heterocycles. The van der Waals surface area contributed by atoms with Crippen LogP contribution in [0.25, 0.3) is 0 Å². The van der Waals surface area contributed by atoms with Crippen LogP contribution in [0.4, 0.5) is 10.7 Å². The van der Waals surface area contributed by atoms with Crippen LogP contribution in [0.15, 0.2) is 59.2 Å². The highest BCUT2D eigenvalue weighted by Crippen LogP contribution is 2.24. The van der Waals surface area contributed by atoms with Gasteiger partial charge < -0.3 is 20.4 Å². The summed E-state index contributed by atoms with van der Waals surface area (Å²) >= 11 is 1.10. The van der Waals surface area contributed by atoms with Gasteiger partial charge in [0.15, 0.2) is 5.76 Å². The number of hydrogen-bond acceptors (Lipinski definition) is 5. The highest BCUT2D eigenvalue weighted by atomic mass is 32.1. The molecule has 8 heteroatoms. The molecule has 7 nitrogen and oxygen atoms in total. The maximum Gasteiger partial charge on any atom is 0.291 e. The first kappa shape index (κ1) is 18.9. The molecule has 0 aliphatic heterocycles. The maximum atomic E-state index is 12.5. The Morgan fingerprint density at radius 2 is 1.79 bits per heavy atom. The highest BCUT2D eigenvalue weighted by Gasteiger charge is 2.16. The zero-order chi connectivity index (χ0) is 19.9. The molecule has 0 unspecified atom stereocenters. The van der Waals surface area contributed by atoms with Gasteiger partial charge in [-0.05, 0) is 36.4 Å². The summed E-state index contributed by atoms with van der Waals surface area (Å²) in [6, 6.07) is 13.0. The van der Waals surface area contributed by atoms with Crippen LogP contribution in [-0.2, 0) is 0 Å². The van der Waals surface area contributed by atoms with Crippen LogP contribution in [0, 0.1) is 12.3 Å². The topological polar surface area (TPSA) is 100 Å². The number of carbonyl (C=O) groups is 3. The van der Waals surface area contributed by atoms with Gasteiger partial charge in [-0.3, -0.25) is 14.4 Å². The van der Waals surface area contributed by atoms with Gasteiger partial charge >= 0.3 is 0 Å². The molecule has 0 saturated carbocycles. The lowest BCUT2D eigenvalue weighted by atomic mass is 10.1. The third-order valence-corrected chi connectivity index (χ3v) is 4.58. The predicted octanol–water partition coefficient (Wildman–Crippen LogP) is 3.21. The van der Waals surface area contributed by atoms with E-state index in [1.807, 2.05) is 0 Å². The van der Waals surface area contributed by atoms with Crippen molar-refractivity contribution in [2.45, 2.75) is 0 Å². The van der Waals surface area contributed by atoms with Crippen molar-refractivity contribution >= 4 is 39.7 Å². The van der Waals surface area contributed by atoms with Crippen molar-refractivity contribution < 1.29 is 18.8 Å². The highest BCUT2D eigenvalue weighted by molar-refractivity contribution is 7.18. The predicted molar refractivity (Wildman–Crippen MR) is 107 cm³/mol. The molecule has 1 aromatic carbocycles. The zero-order valence-corrected chi connectivity index (χ0v) is 15.3. The molecule has 0 fully saturated rings. The summed E-state index contributed by atoms with van der Waals surface area (Å²) in [7, 11) is 0. The molecule has 0 radical (unpaired) electrons. The van der Waals surface area contributed by atoms with Crippen LogP contribution in [0.3, 0.4) is 0 Å². The molecule has 3 amide bonds. The second-order valence-electron chi connectivity index (χ2n) is 5.48. The fourth-order valence-electron chi connectivity index (χ4n) is 2.31. The molecule has 140 valence electrons. The third-order valence-electron chi connectivity index (χ3n) is 3.58. The number of anilines is 2. The minimum absolute atomic E-state index is 0.0881. The van der Waals surface area contributed by atoms with Crippen molar-refractivity contribution in [1.29, 1.82) is 0 Å². The third kappa shape index (κ3) is 4.47. The standard InChI is InChI=1S/C20H15N3O4S/c1-2-11-21-18(24)13-6-3-4-7-14(13)22-20(26)16-9-10-17(28-16)23-19(25)15-8-5-12-27-15/h1,3-10,12H,11H2,(H,21,24)(H,22,26)(H,23,25). The molecule has 0 aliphatic rings. The minimum Gasteiger partial charge on any atom is -0.459 e. The number of amides is 3. The molecular formula is C20H15N3O4S.